The van der Waals surface area contributed by atoms with Gasteiger partial charge < -0.3 is 14.5 Å². The maximum Gasteiger partial charge on any atom is 0.282 e. The number of hydrogen-bond acceptors (Lipinski definition) is 5. The second-order valence-corrected chi connectivity index (χ2v) is 5.84. The number of amides is 1. The fraction of sp³-hybridized carbons (Fsp3) is 0.154. The number of nitrogens with one attached hydrogen (secondary N) is 3. The number of carbonyl (C=O) groups is 1. The Morgan fingerprint density at radius 3 is 2.45 bits per heavy atom. The van der Waals surface area contributed by atoms with Crippen molar-refractivity contribution in [1.82, 2.24) is 15.2 Å². The Kier molecular flexibility index (Phi) is 4.68. The van der Waals surface area contributed by atoms with Gasteiger partial charge in [0, 0.05) is 12.3 Å². The minimum absolute atomic E-state index is 0.0723. The van der Waals surface area contributed by atoms with Crippen LogP contribution in [0.25, 0.3) is 0 Å². The molecule has 0 spiro atoms. The van der Waals surface area contributed by atoms with Crippen LogP contribution in [-0.2, 0) is 10.0 Å². The molecule has 0 unspecified atom stereocenters. The zero-order valence-corrected chi connectivity index (χ0v) is 12.7. The van der Waals surface area contributed by atoms with Gasteiger partial charge in [-0.25, -0.2) is 8.42 Å². The van der Waals surface area contributed by atoms with Crippen molar-refractivity contribution < 1.29 is 22.7 Å². The number of H-pyrrole nitrogens is 1. The molecule has 3 N–H and O–H groups in total. The van der Waals surface area contributed by atoms with Gasteiger partial charge in [0.15, 0.2) is 11.5 Å². The molecule has 0 radical (unpaired) electrons. The van der Waals surface area contributed by atoms with Gasteiger partial charge in [-0.05, 0) is 24.3 Å². The summed E-state index contributed by atoms with van der Waals surface area (Å²) in [5, 5.41) is 0. The number of aromatic nitrogens is 1. The number of carbonyl (C=O) groups excluding carboxylic acids is 1. The van der Waals surface area contributed by atoms with Gasteiger partial charge in [-0.2, -0.15) is 0 Å². The van der Waals surface area contributed by atoms with Crippen molar-refractivity contribution in [2.75, 3.05) is 14.2 Å². The molecule has 0 fully saturated rings. The van der Waals surface area contributed by atoms with E-state index in [2.05, 4.69) is 10.4 Å². The summed E-state index contributed by atoms with van der Waals surface area (Å²) in [6.45, 7) is 0. The van der Waals surface area contributed by atoms with Crippen LogP contribution in [0, 0.1) is 0 Å². The lowest BCUT2D eigenvalue weighted by atomic mass is 10.3. The molecule has 118 valence electrons. The molecule has 0 aliphatic rings. The van der Waals surface area contributed by atoms with E-state index in [-0.39, 0.29) is 16.3 Å². The summed E-state index contributed by atoms with van der Waals surface area (Å²) in [5.74, 6) is 0.0620. The second-order valence-electron chi connectivity index (χ2n) is 4.16. The maximum atomic E-state index is 12.1. The van der Waals surface area contributed by atoms with Crippen LogP contribution < -0.4 is 19.7 Å². The van der Waals surface area contributed by atoms with E-state index >= 15 is 0 Å². The van der Waals surface area contributed by atoms with Crippen molar-refractivity contribution in [3.63, 3.8) is 0 Å². The van der Waals surface area contributed by atoms with Gasteiger partial charge in [-0.3, -0.25) is 10.2 Å². The molecule has 0 saturated carbocycles. The molecule has 8 nitrogen and oxygen atoms in total. The molecule has 0 atom stereocenters. The quantitative estimate of drug-likeness (QED) is 0.676. The molecule has 2 aromatic rings. The van der Waals surface area contributed by atoms with E-state index in [1.54, 1.807) is 12.3 Å². The largest absolute Gasteiger partial charge is 0.493 e. The average Bonchev–Trinajstić information content (AvgIpc) is 3.06. The lowest BCUT2D eigenvalue weighted by Gasteiger charge is -2.11. The third-order valence-corrected chi connectivity index (χ3v) is 4.05. The highest BCUT2D eigenvalue weighted by atomic mass is 32.2. The highest BCUT2D eigenvalue weighted by molar-refractivity contribution is 7.89. The molecule has 0 saturated heterocycles. The van der Waals surface area contributed by atoms with Gasteiger partial charge in [0.2, 0.25) is 0 Å². The minimum atomic E-state index is -3.94. The lowest BCUT2D eigenvalue weighted by Crippen LogP contribution is -2.41. The Balaban J connectivity index is 2.15. The fourth-order valence-corrected chi connectivity index (χ4v) is 2.55. The monoisotopic (exact) mass is 325 g/mol. The number of sulfonamides is 1. The van der Waals surface area contributed by atoms with E-state index in [0.717, 1.165) is 0 Å². The summed E-state index contributed by atoms with van der Waals surface area (Å²) in [7, 11) is -1.09. The molecule has 1 aromatic heterocycles. The zero-order chi connectivity index (χ0) is 16.2. The van der Waals surface area contributed by atoms with Gasteiger partial charge in [-0.15, -0.1) is 4.83 Å². The van der Waals surface area contributed by atoms with E-state index < -0.39 is 15.9 Å². The van der Waals surface area contributed by atoms with Crippen LogP contribution in [0.4, 0.5) is 0 Å². The van der Waals surface area contributed by atoms with Gasteiger partial charge in [0.1, 0.15) is 5.69 Å². The lowest BCUT2D eigenvalue weighted by molar-refractivity contribution is 0.0940. The Morgan fingerprint density at radius 2 is 1.86 bits per heavy atom. The van der Waals surface area contributed by atoms with Crippen LogP contribution >= 0.6 is 0 Å². The van der Waals surface area contributed by atoms with Crippen LogP contribution in [-0.4, -0.2) is 33.5 Å². The van der Waals surface area contributed by atoms with Crippen molar-refractivity contribution in [1.29, 1.82) is 0 Å². The molecule has 0 aliphatic carbocycles. The van der Waals surface area contributed by atoms with Crippen LogP contribution in [0.2, 0.25) is 0 Å². The van der Waals surface area contributed by atoms with Crippen LogP contribution in [0.1, 0.15) is 10.5 Å². The Hall–Kier alpha value is -2.52. The number of aromatic amines is 1. The van der Waals surface area contributed by atoms with Crippen LogP contribution in [0.5, 0.6) is 11.5 Å². The third kappa shape index (κ3) is 3.38. The van der Waals surface area contributed by atoms with E-state index in [9.17, 15) is 13.2 Å². The smallest absolute Gasteiger partial charge is 0.282 e. The third-order valence-electron chi connectivity index (χ3n) is 2.81. The highest BCUT2D eigenvalue weighted by Gasteiger charge is 2.18. The van der Waals surface area contributed by atoms with Crippen molar-refractivity contribution in [2.24, 2.45) is 0 Å². The SMILES string of the molecule is COc1ccc(S(=O)(=O)NNC(=O)c2ccc[nH]2)cc1OC. The molecule has 1 aromatic carbocycles. The number of hydrogen-bond donors (Lipinski definition) is 3. The molecule has 2 rings (SSSR count). The average molecular weight is 325 g/mol. The molecular weight excluding hydrogens is 310 g/mol. The molecular formula is C13H15N3O5S. The fourth-order valence-electron chi connectivity index (χ4n) is 1.70. The number of rotatable bonds is 6. The number of methoxy groups -OCH3 is 2. The van der Waals surface area contributed by atoms with Gasteiger partial charge in [0.25, 0.3) is 15.9 Å². The summed E-state index contributed by atoms with van der Waals surface area (Å²) < 4.78 is 34.4. The topological polar surface area (TPSA) is 110 Å². The van der Waals surface area contributed by atoms with E-state index in [1.165, 1.54) is 38.5 Å². The zero-order valence-electron chi connectivity index (χ0n) is 11.9. The molecule has 9 heteroatoms. The van der Waals surface area contributed by atoms with Gasteiger partial charge in [0.05, 0.1) is 19.1 Å². The van der Waals surface area contributed by atoms with E-state index in [1.807, 2.05) is 4.83 Å². The minimum Gasteiger partial charge on any atom is -0.493 e. The first-order valence-corrected chi connectivity index (χ1v) is 7.64. The normalized spacial score (nSPS) is 11.0. The standard InChI is InChI=1S/C13H15N3O5S/c1-20-11-6-5-9(8-12(11)21-2)22(18,19)16-15-13(17)10-4-3-7-14-10/h3-8,14,16H,1-2H3,(H,15,17). The van der Waals surface area contributed by atoms with Crippen LogP contribution in [0.15, 0.2) is 41.4 Å². The van der Waals surface area contributed by atoms with Crippen molar-refractivity contribution in [2.45, 2.75) is 4.90 Å². The molecule has 0 aliphatic heterocycles. The van der Waals surface area contributed by atoms with Gasteiger partial charge >= 0.3 is 0 Å². The highest BCUT2D eigenvalue weighted by Crippen LogP contribution is 2.29. The Morgan fingerprint density at radius 1 is 1.14 bits per heavy atom. The van der Waals surface area contributed by atoms with E-state index in [0.29, 0.717) is 5.75 Å². The Bertz CT molecular complexity index is 756. The van der Waals surface area contributed by atoms with Crippen molar-refractivity contribution in [3.05, 3.63) is 42.2 Å². The number of benzene rings is 1. The first kappa shape index (κ1) is 15.9. The summed E-state index contributed by atoms with van der Waals surface area (Å²) >= 11 is 0. The van der Waals surface area contributed by atoms with E-state index in [4.69, 9.17) is 9.47 Å². The first-order valence-electron chi connectivity index (χ1n) is 6.15. The Labute approximate surface area is 127 Å². The number of hydrazine groups is 1. The summed E-state index contributed by atoms with van der Waals surface area (Å²) in [5.41, 5.74) is 2.34. The summed E-state index contributed by atoms with van der Waals surface area (Å²) in [6, 6.07) is 7.23. The van der Waals surface area contributed by atoms with Crippen molar-refractivity contribution >= 4 is 15.9 Å². The predicted molar refractivity (Wildman–Crippen MR) is 78.1 cm³/mol. The summed E-state index contributed by atoms with van der Waals surface area (Å²) in [6.07, 6.45) is 1.55. The molecule has 22 heavy (non-hydrogen) atoms. The first-order chi connectivity index (χ1) is 10.5. The molecule has 0 bridgehead atoms. The molecule has 1 amide bonds. The molecule has 1 heterocycles. The second kappa shape index (κ2) is 6.50. The van der Waals surface area contributed by atoms with Gasteiger partial charge in [-0.1, -0.05) is 0 Å². The maximum absolute atomic E-state index is 12.1. The van der Waals surface area contributed by atoms with Crippen LogP contribution in [0.3, 0.4) is 0 Å². The van der Waals surface area contributed by atoms with Crippen molar-refractivity contribution in [3.8, 4) is 11.5 Å². The predicted octanol–water partition coefficient (Wildman–Crippen LogP) is 0.655. The number of ether oxygens (including phenoxy) is 2. The summed E-state index contributed by atoms with van der Waals surface area (Å²) in [4.78, 5) is 16.3.